The number of carbonyl (C=O) groups excluding carboxylic acids is 1. The molecule has 7 heteroatoms. The SMILES string of the molecule is Cc1ccc(N2CC(NC(=O)CC3CCN(C)CC3(F)F)[C@H](C)C2)c2cccnc12. The fourth-order valence-electron chi connectivity index (χ4n) is 4.82. The maximum Gasteiger partial charge on any atom is 0.263 e. The van der Waals surface area contributed by atoms with Gasteiger partial charge < -0.3 is 15.1 Å². The molecule has 0 saturated carbocycles. The molecule has 1 N–H and O–H groups in total. The van der Waals surface area contributed by atoms with Crippen molar-refractivity contribution in [2.75, 3.05) is 38.1 Å². The Morgan fingerprint density at radius 3 is 2.87 bits per heavy atom. The molecule has 1 amide bonds. The molecule has 1 aromatic heterocycles. The number of hydrogen-bond acceptors (Lipinski definition) is 4. The van der Waals surface area contributed by atoms with Crippen molar-refractivity contribution in [3.63, 3.8) is 0 Å². The molecule has 2 fully saturated rings. The number of aryl methyl sites for hydroxylation is 1. The van der Waals surface area contributed by atoms with Gasteiger partial charge in [0.15, 0.2) is 0 Å². The van der Waals surface area contributed by atoms with Crippen LogP contribution in [0.5, 0.6) is 0 Å². The molecule has 5 nitrogen and oxygen atoms in total. The van der Waals surface area contributed by atoms with E-state index < -0.39 is 11.8 Å². The number of fused-ring (bicyclic) bond motifs is 1. The number of halogens is 2. The number of amides is 1. The number of piperidine rings is 1. The van der Waals surface area contributed by atoms with Crippen molar-refractivity contribution in [2.45, 2.75) is 38.7 Å². The molecule has 2 aromatic rings. The highest BCUT2D eigenvalue weighted by molar-refractivity contribution is 5.94. The number of aromatic nitrogens is 1. The number of hydrogen-bond donors (Lipinski definition) is 1. The molecule has 2 unspecified atom stereocenters. The van der Waals surface area contributed by atoms with E-state index in [4.69, 9.17) is 0 Å². The van der Waals surface area contributed by atoms with Crippen LogP contribution in [0, 0.1) is 18.8 Å². The minimum atomic E-state index is -2.81. The second-order valence-corrected chi connectivity index (χ2v) is 9.05. The number of rotatable bonds is 4. The van der Waals surface area contributed by atoms with Crippen LogP contribution in [0.25, 0.3) is 10.9 Å². The quantitative estimate of drug-likeness (QED) is 0.829. The van der Waals surface area contributed by atoms with Crippen LogP contribution in [-0.2, 0) is 4.79 Å². The van der Waals surface area contributed by atoms with Gasteiger partial charge in [-0.1, -0.05) is 13.0 Å². The van der Waals surface area contributed by atoms with Gasteiger partial charge in [-0.3, -0.25) is 9.78 Å². The van der Waals surface area contributed by atoms with Crippen molar-refractivity contribution in [3.05, 3.63) is 36.0 Å². The number of likely N-dealkylation sites (tertiary alicyclic amines) is 1. The van der Waals surface area contributed by atoms with Gasteiger partial charge in [-0.25, -0.2) is 8.78 Å². The highest BCUT2D eigenvalue weighted by atomic mass is 19.3. The van der Waals surface area contributed by atoms with Gasteiger partial charge in [0.25, 0.3) is 5.92 Å². The van der Waals surface area contributed by atoms with Gasteiger partial charge in [-0.15, -0.1) is 0 Å². The molecule has 162 valence electrons. The number of anilines is 1. The lowest BCUT2D eigenvalue weighted by Gasteiger charge is -2.36. The van der Waals surface area contributed by atoms with E-state index in [2.05, 4.69) is 40.3 Å². The summed E-state index contributed by atoms with van der Waals surface area (Å²) in [4.78, 5) is 21.0. The summed E-state index contributed by atoms with van der Waals surface area (Å²) in [6.45, 7) is 5.96. The zero-order valence-electron chi connectivity index (χ0n) is 17.9. The lowest BCUT2D eigenvalue weighted by molar-refractivity contribution is -0.135. The zero-order valence-corrected chi connectivity index (χ0v) is 17.9. The van der Waals surface area contributed by atoms with E-state index in [1.165, 1.54) is 0 Å². The van der Waals surface area contributed by atoms with E-state index in [0.29, 0.717) is 19.5 Å². The predicted octanol–water partition coefficient (Wildman–Crippen LogP) is 3.46. The molecule has 3 heterocycles. The van der Waals surface area contributed by atoms with E-state index in [1.54, 1.807) is 18.1 Å². The Balaban J connectivity index is 1.43. The van der Waals surface area contributed by atoms with Crippen LogP contribution in [-0.4, -0.2) is 61.0 Å². The Bertz CT molecular complexity index is 935. The fourth-order valence-corrected chi connectivity index (χ4v) is 4.82. The fraction of sp³-hybridized carbons (Fsp3) is 0.565. The lowest BCUT2D eigenvalue weighted by Crippen LogP contribution is -2.49. The van der Waals surface area contributed by atoms with Gasteiger partial charge in [-0.05, 0) is 56.6 Å². The average molecular weight is 417 g/mol. The van der Waals surface area contributed by atoms with Crippen molar-refractivity contribution < 1.29 is 13.6 Å². The number of benzene rings is 1. The molecule has 4 rings (SSSR count). The monoisotopic (exact) mass is 416 g/mol. The summed E-state index contributed by atoms with van der Waals surface area (Å²) in [5.74, 6) is -3.72. The molecule has 0 radical (unpaired) electrons. The third-order valence-corrected chi connectivity index (χ3v) is 6.62. The van der Waals surface area contributed by atoms with E-state index in [-0.39, 0.29) is 30.8 Å². The Kier molecular flexibility index (Phi) is 5.66. The molecule has 30 heavy (non-hydrogen) atoms. The Hall–Kier alpha value is -2.28. The number of pyridine rings is 1. The standard InChI is InChI=1S/C23H30F2N4O/c1-15-6-7-20(18-5-4-9-26-22(15)18)29-12-16(2)19(13-29)27-21(30)11-17-8-10-28(3)14-23(17,24)25/h4-7,9,16-17,19H,8,10-14H2,1-3H3,(H,27,30)/t16-,17?,19?/m1/s1. The van der Waals surface area contributed by atoms with Gasteiger partial charge in [-0.2, -0.15) is 0 Å². The first-order chi connectivity index (χ1) is 14.2. The summed E-state index contributed by atoms with van der Waals surface area (Å²) < 4.78 is 28.6. The normalized spacial score (nSPS) is 26.8. The third-order valence-electron chi connectivity index (χ3n) is 6.62. The summed E-state index contributed by atoms with van der Waals surface area (Å²) in [6.07, 6.45) is 2.04. The smallest absolute Gasteiger partial charge is 0.263 e. The van der Waals surface area contributed by atoms with Gasteiger partial charge in [0, 0.05) is 42.7 Å². The first-order valence-electron chi connectivity index (χ1n) is 10.7. The summed E-state index contributed by atoms with van der Waals surface area (Å²) in [5.41, 5.74) is 3.22. The molecule has 1 aromatic carbocycles. The van der Waals surface area contributed by atoms with Gasteiger partial charge in [0.2, 0.25) is 5.91 Å². The summed E-state index contributed by atoms with van der Waals surface area (Å²) >= 11 is 0. The Morgan fingerprint density at radius 2 is 2.10 bits per heavy atom. The van der Waals surface area contributed by atoms with Crippen LogP contribution in [0.3, 0.4) is 0 Å². The first kappa shape index (κ1) is 21.0. The van der Waals surface area contributed by atoms with Crippen LogP contribution in [0.2, 0.25) is 0 Å². The minimum Gasteiger partial charge on any atom is -0.369 e. The van der Waals surface area contributed by atoms with Crippen molar-refractivity contribution in [1.29, 1.82) is 0 Å². The van der Waals surface area contributed by atoms with Gasteiger partial charge >= 0.3 is 0 Å². The van der Waals surface area contributed by atoms with Crippen LogP contribution < -0.4 is 10.2 Å². The number of alkyl halides is 2. The molecule has 0 aliphatic carbocycles. The van der Waals surface area contributed by atoms with E-state index in [1.807, 2.05) is 13.0 Å². The highest BCUT2D eigenvalue weighted by Gasteiger charge is 2.44. The van der Waals surface area contributed by atoms with Gasteiger partial charge in [0.05, 0.1) is 18.1 Å². The number of nitrogens with zero attached hydrogens (tertiary/aromatic N) is 3. The molecule has 2 saturated heterocycles. The Labute approximate surface area is 176 Å². The third kappa shape index (κ3) is 4.13. The maximum absolute atomic E-state index is 14.3. The van der Waals surface area contributed by atoms with Crippen LogP contribution in [0.1, 0.15) is 25.3 Å². The van der Waals surface area contributed by atoms with Crippen molar-refractivity contribution >= 4 is 22.5 Å². The molecular weight excluding hydrogens is 386 g/mol. The molecule has 2 aliphatic heterocycles. The van der Waals surface area contributed by atoms with Crippen molar-refractivity contribution in [1.82, 2.24) is 15.2 Å². The maximum atomic E-state index is 14.3. The van der Waals surface area contributed by atoms with Crippen LogP contribution in [0.4, 0.5) is 14.5 Å². The van der Waals surface area contributed by atoms with Crippen molar-refractivity contribution in [3.8, 4) is 0 Å². The predicted molar refractivity (Wildman–Crippen MR) is 115 cm³/mol. The second kappa shape index (κ2) is 8.10. The number of nitrogens with one attached hydrogen (secondary N) is 1. The molecule has 0 spiro atoms. The van der Waals surface area contributed by atoms with Crippen LogP contribution in [0.15, 0.2) is 30.5 Å². The van der Waals surface area contributed by atoms with E-state index in [9.17, 15) is 13.6 Å². The Morgan fingerprint density at radius 1 is 1.30 bits per heavy atom. The topological polar surface area (TPSA) is 48.5 Å². The van der Waals surface area contributed by atoms with Gasteiger partial charge in [0.1, 0.15) is 0 Å². The molecule has 2 aliphatic rings. The van der Waals surface area contributed by atoms with Crippen LogP contribution >= 0.6 is 0 Å². The number of carbonyl (C=O) groups is 1. The van der Waals surface area contributed by atoms with E-state index in [0.717, 1.165) is 28.7 Å². The van der Waals surface area contributed by atoms with Crippen molar-refractivity contribution in [2.24, 2.45) is 11.8 Å². The largest absolute Gasteiger partial charge is 0.369 e. The summed E-state index contributed by atoms with van der Waals surface area (Å²) in [6, 6.07) is 8.14. The average Bonchev–Trinajstić information content (AvgIpc) is 3.04. The van der Waals surface area contributed by atoms with E-state index >= 15 is 0 Å². The lowest BCUT2D eigenvalue weighted by atomic mass is 9.89. The highest BCUT2D eigenvalue weighted by Crippen LogP contribution is 2.35. The summed E-state index contributed by atoms with van der Waals surface area (Å²) in [5, 5.41) is 4.14. The summed E-state index contributed by atoms with van der Waals surface area (Å²) in [7, 11) is 1.70. The molecule has 3 atom stereocenters. The zero-order chi connectivity index (χ0) is 21.5. The minimum absolute atomic E-state index is 0.0505. The molecule has 0 bridgehead atoms. The molecular formula is C23H30F2N4O. The first-order valence-corrected chi connectivity index (χ1v) is 10.7. The second-order valence-electron chi connectivity index (χ2n) is 9.05.